The molecule has 3 rings (SSSR count). The zero-order valence-electron chi connectivity index (χ0n) is 15.6. The van der Waals surface area contributed by atoms with E-state index in [1.165, 1.54) is 23.3 Å². The quantitative estimate of drug-likeness (QED) is 0.590. The predicted octanol–water partition coefficient (Wildman–Crippen LogP) is 3.08. The van der Waals surface area contributed by atoms with Crippen LogP contribution in [0, 0.1) is 6.92 Å². The van der Waals surface area contributed by atoms with Crippen molar-refractivity contribution in [2.24, 2.45) is 0 Å². The van der Waals surface area contributed by atoms with Gasteiger partial charge in [-0.3, -0.25) is 14.7 Å². The van der Waals surface area contributed by atoms with Gasteiger partial charge in [0.1, 0.15) is 0 Å². The molecule has 10 heteroatoms. The second-order valence-electron chi connectivity index (χ2n) is 6.38. The first-order valence-electron chi connectivity index (χ1n) is 8.33. The highest BCUT2D eigenvalue weighted by atomic mass is 35.5. The number of benzene rings is 1. The molecule has 0 N–H and O–H groups in total. The number of rotatable bonds is 6. The van der Waals surface area contributed by atoms with Gasteiger partial charge in [0.25, 0.3) is 0 Å². The Bertz CT molecular complexity index is 1120. The number of sulfonamides is 1. The second kappa shape index (κ2) is 8.12. The molecule has 0 bridgehead atoms. The van der Waals surface area contributed by atoms with E-state index in [4.69, 9.17) is 11.6 Å². The molecule has 0 spiro atoms. The molecule has 0 radical (unpaired) electrons. The Hall–Kier alpha value is -2.07. The van der Waals surface area contributed by atoms with E-state index in [1.54, 1.807) is 24.5 Å². The van der Waals surface area contributed by atoms with Crippen molar-refractivity contribution in [2.45, 2.75) is 13.5 Å². The smallest absolute Gasteiger partial charge is 0.244 e. The molecule has 0 aliphatic carbocycles. The maximum Gasteiger partial charge on any atom is 0.244 e. The van der Waals surface area contributed by atoms with Gasteiger partial charge in [-0.15, -0.1) is 0 Å². The van der Waals surface area contributed by atoms with Crippen molar-refractivity contribution in [3.05, 3.63) is 52.8 Å². The van der Waals surface area contributed by atoms with Crippen molar-refractivity contribution >= 4 is 54.2 Å². The average Bonchev–Trinajstić information content (AvgIpc) is 3.07. The third-order valence-corrected chi connectivity index (χ3v) is 6.97. The molecule has 2 aromatic heterocycles. The van der Waals surface area contributed by atoms with Crippen LogP contribution < -0.4 is 4.90 Å². The van der Waals surface area contributed by atoms with Crippen LogP contribution in [0.1, 0.15) is 11.1 Å². The molecular formula is C18H19ClN4O3S2. The Balaban J connectivity index is 2.00. The lowest BCUT2D eigenvalue weighted by atomic mass is 10.2. The number of anilines is 1. The summed E-state index contributed by atoms with van der Waals surface area (Å²) >= 11 is 7.55. The van der Waals surface area contributed by atoms with Crippen LogP contribution in [-0.2, 0) is 21.4 Å². The van der Waals surface area contributed by atoms with Crippen LogP contribution in [-0.4, -0.2) is 48.4 Å². The zero-order chi connectivity index (χ0) is 20.5. The van der Waals surface area contributed by atoms with E-state index in [-0.39, 0.29) is 19.0 Å². The molecule has 1 aromatic carbocycles. The summed E-state index contributed by atoms with van der Waals surface area (Å²) in [6.45, 7) is 1.82. The summed E-state index contributed by atoms with van der Waals surface area (Å²) in [5.74, 6) is -0.375. The van der Waals surface area contributed by atoms with E-state index in [2.05, 4.69) is 9.97 Å². The van der Waals surface area contributed by atoms with Gasteiger partial charge < -0.3 is 0 Å². The summed E-state index contributed by atoms with van der Waals surface area (Å²) in [6, 6.07) is 7.29. The fraction of sp³-hybridized carbons (Fsp3) is 0.278. The van der Waals surface area contributed by atoms with Crippen LogP contribution in [0.4, 0.5) is 5.13 Å². The van der Waals surface area contributed by atoms with Crippen LogP contribution >= 0.6 is 22.9 Å². The third kappa shape index (κ3) is 4.49. The minimum Gasteiger partial charge on any atom is -0.282 e. The number of carbonyl (C=O) groups is 1. The van der Waals surface area contributed by atoms with E-state index in [0.717, 1.165) is 31.9 Å². The van der Waals surface area contributed by atoms with E-state index in [0.29, 0.717) is 10.2 Å². The van der Waals surface area contributed by atoms with Crippen LogP contribution in [0.3, 0.4) is 0 Å². The van der Waals surface area contributed by atoms with Crippen LogP contribution in [0.25, 0.3) is 10.2 Å². The third-order valence-electron chi connectivity index (χ3n) is 4.26. The Labute approximate surface area is 172 Å². The number of halogens is 1. The summed E-state index contributed by atoms with van der Waals surface area (Å²) in [5.41, 5.74) is 2.38. The molecule has 0 aliphatic rings. The number of nitrogens with zero attached hydrogens (tertiary/aromatic N) is 4. The molecule has 0 saturated heterocycles. The van der Waals surface area contributed by atoms with E-state index in [9.17, 15) is 13.2 Å². The molecule has 148 valence electrons. The first kappa shape index (κ1) is 20.7. The number of likely N-dealkylation sites (N-methyl/N-ethyl adjacent to an activating group) is 1. The van der Waals surface area contributed by atoms with Gasteiger partial charge >= 0.3 is 0 Å². The van der Waals surface area contributed by atoms with Crippen LogP contribution in [0.2, 0.25) is 5.02 Å². The average molecular weight is 439 g/mol. The molecule has 7 nitrogen and oxygen atoms in total. The number of carbonyl (C=O) groups excluding carboxylic acids is 1. The standard InChI is InChI=1S/C18H19ClN4O3S2/c1-12-14(19)6-7-15-17(12)21-18(27-15)23(10-13-5-4-8-20-9-13)16(24)11-22(2)28(3,25)26/h4-9H,10-11H2,1-3H3. The summed E-state index contributed by atoms with van der Waals surface area (Å²) in [5, 5.41) is 1.09. The number of thiazole rings is 1. The molecule has 0 aliphatic heterocycles. The molecular weight excluding hydrogens is 420 g/mol. The Morgan fingerprint density at radius 3 is 2.68 bits per heavy atom. The number of hydrogen-bond donors (Lipinski definition) is 0. The second-order valence-corrected chi connectivity index (χ2v) is 9.88. The van der Waals surface area contributed by atoms with Gasteiger partial charge in [-0.2, -0.15) is 4.31 Å². The van der Waals surface area contributed by atoms with Gasteiger partial charge in [0.05, 0.1) is 29.6 Å². The van der Waals surface area contributed by atoms with Gasteiger partial charge in [-0.25, -0.2) is 13.4 Å². The topological polar surface area (TPSA) is 83.5 Å². The lowest BCUT2D eigenvalue weighted by Gasteiger charge is -2.22. The maximum absolute atomic E-state index is 13.0. The Kier molecular flexibility index (Phi) is 5.99. The van der Waals surface area contributed by atoms with Gasteiger partial charge in [0.2, 0.25) is 15.9 Å². The SMILES string of the molecule is Cc1c(Cl)ccc2sc(N(Cc3cccnc3)C(=O)CN(C)S(C)(=O)=O)nc12. The van der Waals surface area contributed by atoms with Crippen LogP contribution in [0.5, 0.6) is 0 Å². The van der Waals surface area contributed by atoms with Gasteiger partial charge in [0.15, 0.2) is 5.13 Å². The number of hydrogen-bond acceptors (Lipinski definition) is 6. The van der Waals surface area contributed by atoms with Crippen molar-refractivity contribution in [1.82, 2.24) is 14.3 Å². The van der Waals surface area contributed by atoms with Gasteiger partial charge in [0, 0.05) is 24.5 Å². The van der Waals surface area contributed by atoms with Crippen molar-refractivity contribution in [1.29, 1.82) is 0 Å². The van der Waals surface area contributed by atoms with Crippen molar-refractivity contribution < 1.29 is 13.2 Å². The Morgan fingerprint density at radius 1 is 1.29 bits per heavy atom. The number of fused-ring (bicyclic) bond motifs is 1. The highest BCUT2D eigenvalue weighted by Gasteiger charge is 2.24. The van der Waals surface area contributed by atoms with Crippen molar-refractivity contribution in [3.8, 4) is 0 Å². The normalized spacial score (nSPS) is 11.9. The molecule has 2 heterocycles. The highest BCUT2D eigenvalue weighted by molar-refractivity contribution is 7.88. The number of aryl methyl sites for hydroxylation is 1. The highest BCUT2D eigenvalue weighted by Crippen LogP contribution is 2.34. The summed E-state index contributed by atoms with van der Waals surface area (Å²) in [7, 11) is -2.11. The number of pyridine rings is 1. The summed E-state index contributed by atoms with van der Waals surface area (Å²) in [4.78, 5) is 23.1. The Morgan fingerprint density at radius 2 is 2.04 bits per heavy atom. The number of aromatic nitrogens is 2. The molecule has 0 saturated carbocycles. The first-order chi connectivity index (χ1) is 13.2. The monoisotopic (exact) mass is 438 g/mol. The zero-order valence-corrected chi connectivity index (χ0v) is 18.0. The predicted molar refractivity (Wildman–Crippen MR) is 112 cm³/mol. The van der Waals surface area contributed by atoms with Gasteiger partial charge in [-0.05, 0) is 36.2 Å². The van der Waals surface area contributed by atoms with Crippen LogP contribution in [0.15, 0.2) is 36.7 Å². The molecule has 0 atom stereocenters. The summed E-state index contributed by atoms with van der Waals surface area (Å²) < 4.78 is 25.4. The minimum atomic E-state index is -3.48. The molecule has 28 heavy (non-hydrogen) atoms. The van der Waals surface area contributed by atoms with Crippen molar-refractivity contribution in [3.63, 3.8) is 0 Å². The molecule has 0 fully saturated rings. The fourth-order valence-corrected chi connectivity index (χ4v) is 4.07. The molecule has 1 amide bonds. The first-order valence-corrected chi connectivity index (χ1v) is 11.4. The largest absolute Gasteiger partial charge is 0.282 e. The lowest BCUT2D eigenvalue weighted by molar-refractivity contribution is -0.118. The summed E-state index contributed by atoms with van der Waals surface area (Å²) in [6.07, 6.45) is 4.38. The maximum atomic E-state index is 13.0. The van der Waals surface area contributed by atoms with Gasteiger partial charge in [-0.1, -0.05) is 29.0 Å². The lowest BCUT2D eigenvalue weighted by Crippen LogP contribution is -2.40. The van der Waals surface area contributed by atoms with Crippen molar-refractivity contribution in [2.75, 3.05) is 24.7 Å². The van der Waals surface area contributed by atoms with E-state index >= 15 is 0 Å². The van der Waals surface area contributed by atoms with E-state index < -0.39 is 10.0 Å². The van der Waals surface area contributed by atoms with E-state index in [1.807, 2.05) is 19.1 Å². The number of amides is 1. The minimum absolute atomic E-state index is 0.233. The molecule has 0 unspecified atom stereocenters. The molecule has 3 aromatic rings. The fourth-order valence-electron chi connectivity index (χ4n) is 2.53.